The summed E-state index contributed by atoms with van der Waals surface area (Å²) in [6, 6.07) is 16.1. The summed E-state index contributed by atoms with van der Waals surface area (Å²) in [5, 5.41) is 12.2. The topological polar surface area (TPSA) is 91.3 Å². The van der Waals surface area contributed by atoms with Crippen LogP contribution < -0.4 is 10.8 Å². The van der Waals surface area contributed by atoms with E-state index in [4.69, 9.17) is 5.21 Å². The van der Waals surface area contributed by atoms with Crippen LogP contribution in [0.4, 0.5) is 5.69 Å². The molecule has 0 spiro atoms. The van der Waals surface area contributed by atoms with Crippen LogP contribution in [0.25, 0.3) is 17.0 Å². The second-order valence-corrected chi connectivity index (χ2v) is 5.23. The van der Waals surface area contributed by atoms with E-state index in [1.54, 1.807) is 36.5 Å². The normalized spacial score (nSPS) is 10.8. The largest absolute Gasteiger partial charge is 0.321 e. The summed E-state index contributed by atoms with van der Waals surface area (Å²) in [5.41, 5.74) is 3.96. The summed E-state index contributed by atoms with van der Waals surface area (Å²) in [4.78, 5) is 28.1. The molecule has 0 radical (unpaired) electrons. The van der Waals surface area contributed by atoms with Gasteiger partial charge in [0.25, 0.3) is 11.8 Å². The molecule has 2 aromatic carbocycles. The minimum absolute atomic E-state index is 0.272. The minimum Gasteiger partial charge on any atom is -0.321 e. The summed E-state index contributed by atoms with van der Waals surface area (Å²) >= 11 is 0. The number of nitrogens with zero attached hydrogens (tertiary/aromatic N) is 1. The van der Waals surface area contributed by atoms with Gasteiger partial charge < -0.3 is 5.32 Å². The van der Waals surface area contributed by atoms with E-state index in [1.807, 2.05) is 24.3 Å². The van der Waals surface area contributed by atoms with Gasteiger partial charge in [-0.05, 0) is 29.8 Å². The molecule has 0 fully saturated rings. The molecule has 6 nitrogen and oxygen atoms in total. The molecule has 0 atom stereocenters. The Kier molecular flexibility index (Phi) is 4.82. The zero-order valence-electron chi connectivity index (χ0n) is 13.1. The van der Waals surface area contributed by atoms with E-state index in [1.165, 1.54) is 17.6 Å². The summed E-state index contributed by atoms with van der Waals surface area (Å²) in [6.45, 7) is 0. The first-order valence-corrected chi connectivity index (χ1v) is 7.55. The highest BCUT2D eigenvalue weighted by molar-refractivity contribution is 6.12. The van der Waals surface area contributed by atoms with E-state index in [2.05, 4.69) is 10.3 Å². The van der Waals surface area contributed by atoms with Gasteiger partial charge in [-0.3, -0.25) is 19.8 Å². The predicted octanol–water partition coefficient (Wildman–Crippen LogP) is 3.01. The molecule has 25 heavy (non-hydrogen) atoms. The first-order valence-electron chi connectivity index (χ1n) is 7.55. The lowest BCUT2D eigenvalue weighted by Crippen LogP contribution is -2.15. The van der Waals surface area contributed by atoms with Gasteiger partial charge in [0.2, 0.25) is 0 Å². The Bertz CT molecular complexity index is 962. The lowest BCUT2D eigenvalue weighted by Gasteiger charge is -2.10. The second kappa shape index (κ2) is 7.37. The number of hydrogen-bond donors (Lipinski definition) is 3. The number of hydrogen-bond acceptors (Lipinski definition) is 4. The van der Waals surface area contributed by atoms with Crippen molar-refractivity contribution in [2.75, 3.05) is 5.32 Å². The minimum atomic E-state index is -0.652. The van der Waals surface area contributed by atoms with Crippen molar-refractivity contribution in [3.63, 3.8) is 0 Å². The number of pyridine rings is 1. The van der Waals surface area contributed by atoms with Crippen molar-refractivity contribution in [1.29, 1.82) is 0 Å². The summed E-state index contributed by atoms with van der Waals surface area (Å²) < 4.78 is 0. The van der Waals surface area contributed by atoms with Crippen molar-refractivity contribution in [2.45, 2.75) is 0 Å². The fourth-order valence-electron chi connectivity index (χ4n) is 2.44. The zero-order chi connectivity index (χ0) is 17.6. The van der Waals surface area contributed by atoms with Crippen LogP contribution in [0.3, 0.4) is 0 Å². The lowest BCUT2D eigenvalue weighted by atomic mass is 10.1. The number of hydroxylamine groups is 1. The lowest BCUT2D eigenvalue weighted by molar-refractivity contribution is -0.124. The van der Waals surface area contributed by atoms with Gasteiger partial charge in [-0.15, -0.1) is 0 Å². The van der Waals surface area contributed by atoms with E-state index in [9.17, 15) is 9.59 Å². The molecule has 6 heteroatoms. The maximum absolute atomic E-state index is 12.7. The van der Waals surface area contributed by atoms with Gasteiger partial charge in [-0.2, -0.15) is 0 Å². The predicted molar refractivity (Wildman–Crippen MR) is 95.1 cm³/mol. The highest BCUT2D eigenvalue weighted by Gasteiger charge is 2.11. The maximum atomic E-state index is 12.7. The average Bonchev–Trinajstić information content (AvgIpc) is 2.66. The zero-order valence-corrected chi connectivity index (χ0v) is 13.1. The molecular formula is C19H15N3O3. The van der Waals surface area contributed by atoms with Crippen LogP contribution in [0.1, 0.15) is 15.9 Å². The van der Waals surface area contributed by atoms with E-state index in [0.717, 1.165) is 10.9 Å². The van der Waals surface area contributed by atoms with E-state index >= 15 is 0 Å². The van der Waals surface area contributed by atoms with Gasteiger partial charge in [0.15, 0.2) is 0 Å². The number of para-hydroxylation sites is 2. The third-order valence-corrected chi connectivity index (χ3v) is 3.63. The molecule has 3 rings (SSSR count). The Morgan fingerprint density at radius 2 is 1.76 bits per heavy atom. The van der Waals surface area contributed by atoms with Gasteiger partial charge in [-0.25, -0.2) is 5.48 Å². The summed E-state index contributed by atoms with van der Waals surface area (Å²) in [5.74, 6) is -0.924. The molecule has 0 unspecified atom stereocenters. The molecule has 1 heterocycles. The Labute approximate surface area is 143 Å². The van der Waals surface area contributed by atoms with Crippen molar-refractivity contribution < 1.29 is 14.8 Å². The van der Waals surface area contributed by atoms with Gasteiger partial charge in [-0.1, -0.05) is 36.4 Å². The van der Waals surface area contributed by atoms with E-state index in [-0.39, 0.29) is 5.91 Å². The Morgan fingerprint density at radius 1 is 1.00 bits per heavy atom. The number of aromatic nitrogens is 1. The third-order valence-electron chi connectivity index (χ3n) is 3.63. The monoisotopic (exact) mass is 333 g/mol. The number of fused-ring (bicyclic) bond motifs is 1. The number of anilines is 1. The number of nitrogens with one attached hydrogen (secondary N) is 2. The first kappa shape index (κ1) is 16.4. The van der Waals surface area contributed by atoms with Gasteiger partial charge in [0, 0.05) is 23.3 Å². The number of benzene rings is 2. The molecule has 0 bridgehead atoms. The highest BCUT2D eigenvalue weighted by atomic mass is 16.5. The smallest absolute Gasteiger partial charge is 0.267 e. The summed E-state index contributed by atoms with van der Waals surface area (Å²) in [6.07, 6.45) is 4.27. The first-order chi connectivity index (χ1) is 12.2. The summed E-state index contributed by atoms with van der Waals surface area (Å²) in [7, 11) is 0. The Morgan fingerprint density at radius 3 is 2.60 bits per heavy atom. The number of rotatable bonds is 4. The van der Waals surface area contributed by atoms with Gasteiger partial charge in [0.05, 0.1) is 11.1 Å². The van der Waals surface area contributed by atoms with Crippen LogP contribution >= 0.6 is 0 Å². The van der Waals surface area contributed by atoms with Crippen LogP contribution in [0, 0.1) is 0 Å². The molecule has 2 amide bonds. The Balaban J connectivity index is 1.91. The molecule has 3 N–H and O–H groups in total. The fraction of sp³-hybridized carbons (Fsp3) is 0. The maximum Gasteiger partial charge on any atom is 0.267 e. The fourth-order valence-corrected chi connectivity index (χ4v) is 2.44. The van der Waals surface area contributed by atoms with Crippen LogP contribution in [0.5, 0.6) is 0 Å². The van der Waals surface area contributed by atoms with Crippen molar-refractivity contribution in [2.24, 2.45) is 0 Å². The molecule has 0 saturated heterocycles. The van der Waals surface area contributed by atoms with Crippen LogP contribution in [0.15, 0.2) is 66.9 Å². The van der Waals surface area contributed by atoms with Crippen molar-refractivity contribution in [1.82, 2.24) is 10.5 Å². The second-order valence-electron chi connectivity index (χ2n) is 5.23. The number of amides is 2. The van der Waals surface area contributed by atoms with Gasteiger partial charge >= 0.3 is 0 Å². The van der Waals surface area contributed by atoms with Crippen LogP contribution in [-0.2, 0) is 4.79 Å². The van der Waals surface area contributed by atoms with Crippen LogP contribution in [-0.4, -0.2) is 22.0 Å². The van der Waals surface area contributed by atoms with Crippen molar-refractivity contribution in [3.8, 4) is 0 Å². The molecule has 124 valence electrons. The number of carbonyl (C=O) groups is 2. The third kappa shape index (κ3) is 3.70. The number of carbonyl (C=O) groups excluding carboxylic acids is 2. The molecular weight excluding hydrogens is 318 g/mol. The average molecular weight is 333 g/mol. The SMILES string of the molecule is O=C(/C=C/c1ccccc1NC(=O)c1ccnc2ccccc12)NO. The molecule has 0 aliphatic heterocycles. The Hall–Kier alpha value is -3.51. The molecule has 0 saturated carbocycles. The highest BCUT2D eigenvalue weighted by Crippen LogP contribution is 2.21. The molecule has 0 aliphatic rings. The van der Waals surface area contributed by atoms with Crippen molar-refractivity contribution >= 4 is 34.5 Å². The van der Waals surface area contributed by atoms with Crippen molar-refractivity contribution in [3.05, 3.63) is 78.0 Å². The molecule has 1 aromatic heterocycles. The van der Waals surface area contributed by atoms with Gasteiger partial charge in [0.1, 0.15) is 0 Å². The standard InChI is InChI=1S/C19H15N3O3/c23-18(22-25)10-9-13-5-1-3-7-16(13)21-19(24)15-11-12-20-17-8-4-2-6-14(15)17/h1-12,25H,(H,21,24)(H,22,23)/b10-9+. The molecule has 0 aliphatic carbocycles. The van der Waals surface area contributed by atoms with Crippen LogP contribution in [0.2, 0.25) is 0 Å². The quantitative estimate of drug-likeness (QED) is 0.389. The molecule has 3 aromatic rings. The van der Waals surface area contributed by atoms with E-state index in [0.29, 0.717) is 16.8 Å². The van der Waals surface area contributed by atoms with E-state index < -0.39 is 5.91 Å².